The molecule has 0 aliphatic rings. The zero-order valence-corrected chi connectivity index (χ0v) is 13.1. The standard InChI is InChI=1S/C16H13N3O4S/c17-24(22,23)11-7-5-10(6-8-11)19-16(21)13-9-18-14-4-2-1-3-12(14)15(13)20/h1-9H,(H,18,20)(H,19,21)(H2,17,22,23). The second-order valence-corrected chi connectivity index (χ2v) is 6.66. The predicted molar refractivity (Wildman–Crippen MR) is 90.3 cm³/mol. The zero-order valence-electron chi connectivity index (χ0n) is 12.3. The van der Waals surface area contributed by atoms with Gasteiger partial charge in [0.15, 0.2) is 0 Å². The maximum atomic E-state index is 12.4. The van der Waals surface area contributed by atoms with Gasteiger partial charge in [-0.15, -0.1) is 0 Å². The summed E-state index contributed by atoms with van der Waals surface area (Å²) in [5.74, 6) is -0.592. The van der Waals surface area contributed by atoms with Crippen LogP contribution in [0.25, 0.3) is 10.9 Å². The van der Waals surface area contributed by atoms with Crippen molar-refractivity contribution in [1.82, 2.24) is 4.98 Å². The van der Waals surface area contributed by atoms with Crippen molar-refractivity contribution < 1.29 is 13.2 Å². The van der Waals surface area contributed by atoms with Gasteiger partial charge in [0.2, 0.25) is 15.5 Å². The molecule has 0 saturated heterocycles. The van der Waals surface area contributed by atoms with E-state index in [-0.39, 0.29) is 15.9 Å². The predicted octanol–water partition coefficient (Wildman–Crippen LogP) is 1.43. The number of nitrogens with two attached hydrogens (primary N) is 1. The molecule has 4 N–H and O–H groups in total. The number of H-pyrrole nitrogens is 1. The van der Waals surface area contributed by atoms with Crippen molar-refractivity contribution >= 4 is 32.5 Å². The summed E-state index contributed by atoms with van der Waals surface area (Å²) in [5.41, 5.74) is 0.559. The number of para-hydroxylation sites is 1. The number of rotatable bonds is 3. The summed E-state index contributed by atoms with van der Waals surface area (Å²) in [6.07, 6.45) is 1.35. The third-order valence-electron chi connectivity index (χ3n) is 3.47. The lowest BCUT2D eigenvalue weighted by atomic mass is 10.1. The Hall–Kier alpha value is -2.97. The third kappa shape index (κ3) is 3.05. The molecule has 0 saturated carbocycles. The van der Waals surface area contributed by atoms with Crippen LogP contribution in [0.15, 0.2) is 64.4 Å². The Balaban J connectivity index is 1.90. The van der Waals surface area contributed by atoms with Crippen molar-refractivity contribution in [3.05, 3.63) is 70.5 Å². The van der Waals surface area contributed by atoms with Gasteiger partial charge in [-0.25, -0.2) is 13.6 Å². The first-order valence-corrected chi connectivity index (χ1v) is 8.45. The number of primary sulfonamides is 1. The minimum Gasteiger partial charge on any atom is -0.360 e. The molecule has 1 amide bonds. The van der Waals surface area contributed by atoms with Crippen LogP contribution in [0.2, 0.25) is 0 Å². The van der Waals surface area contributed by atoms with Crippen LogP contribution >= 0.6 is 0 Å². The highest BCUT2D eigenvalue weighted by Gasteiger charge is 2.13. The number of anilines is 1. The van der Waals surface area contributed by atoms with E-state index in [2.05, 4.69) is 10.3 Å². The van der Waals surface area contributed by atoms with Crippen molar-refractivity contribution in [3.63, 3.8) is 0 Å². The SMILES string of the molecule is NS(=O)(=O)c1ccc(NC(=O)c2c[nH]c3ccccc3c2=O)cc1. The van der Waals surface area contributed by atoms with Gasteiger partial charge in [-0.1, -0.05) is 12.1 Å². The third-order valence-corrected chi connectivity index (χ3v) is 4.40. The first-order valence-electron chi connectivity index (χ1n) is 6.91. The number of pyridine rings is 1. The minimum atomic E-state index is -3.80. The molecule has 0 atom stereocenters. The molecule has 1 heterocycles. The highest BCUT2D eigenvalue weighted by molar-refractivity contribution is 7.89. The quantitative estimate of drug-likeness (QED) is 0.666. The molecule has 122 valence electrons. The van der Waals surface area contributed by atoms with E-state index in [0.717, 1.165) is 0 Å². The van der Waals surface area contributed by atoms with Gasteiger partial charge in [-0.05, 0) is 36.4 Å². The van der Waals surface area contributed by atoms with E-state index in [1.807, 2.05) is 0 Å². The lowest BCUT2D eigenvalue weighted by Gasteiger charge is -2.06. The van der Waals surface area contributed by atoms with Crippen molar-refractivity contribution in [2.45, 2.75) is 4.90 Å². The molecule has 2 aromatic carbocycles. The Labute approximate surface area is 137 Å². The Morgan fingerprint density at radius 3 is 2.38 bits per heavy atom. The number of nitrogens with one attached hydrogen (secondary N) is 2. The van der Waals surface area contributed by atoms with Gasteiger partial charge in [-0.3, -0.25) is 9.59 Å². The van der Waals surface area contributed by atoms with Crippen molar-refractivity contribution in [3.8, 4) is 0 Å². The van der Waals surface area contributed by atoms with Crippen molar-refractivity contribution in [2.75, 3.05) is 5.32 Å². The monoisotopic (exact) mass is 343 g/mol. The van der Waals surface area contributed by atoms with Crippen LogP contribution in [0.3, 0.4) is 0 Å². The van der Waals surface area contributed by atoms with E-state index in [1.54, 1.807) is 24.3 Å². The topological polar surface area (TPSA) is 122 Å². The number of aromatic nitrogens is 1. The van der Waals surface area contributed by atoms with Gasteiger partial charge in [0.1, 0.15) is 5.56 Å². The van der Waals surface area contributed by atoms with Gasteiger partial charge in [0, 0.05) is 22.8 Å². The smallest absolute Gasteiger partial charge is 0.261 e. The maximum Gasteiger partial charge on any atom is 0.261 e. The number of carbonyl (C=O) groups is 1. The van der Waals surface area contributed by atoms with Crippen LogP contribution in [0.5, 0.6) is 0 Å². The van der Waals surface area contributed by atoms with E-state index >= 15 is 0 Å². The Morgan fingerprint density at radius 1 is 1.04 bits per heavy atom. The molecule has 0 spiro atoms. The molecule has 3 rings (SSSR count). The number of hydrogen-bond acceptors (Lipinski definition) is 4. The van der Waals surface area contributed by atoms with Gasteiger partial charge in [0.05, 0.1) is 4.90 Å². The lowest BCUT2D eigenvalue weighted by Crippen LogP contribution is -2.22. The van der Waals surface area contributed by atoms with Crippen molar-refractivity contribution in [1.29, 1.82) is 0 Å². The summed E-state index contributed by atoms with van der Waals surface area (Å²) < 4.78 is 22.4. The molecule has 0 bridgehead atoms. The molecule has 0 aliphatic heterocycles. The van der Waals surface area contributed by atoms with Gasteiger partial charge < -0.3 is 10.3 Å². The van der Waals surface area contributed by atoms with Crippen LogP contribution in [0, 0.1) is 0 Å². The largest absolute Gasteiger partial charge is 0.360 e. The number of fused-ring (bicyclic) bond motifs is 1. The Kier molecular flexibility index (Phi) is 3.92. The number of amides is 1. The van der Waals surface area contributed by atoms with Crippen molar-refractivity contribution in [2.24, 2.45) is 5.14 Å². The van der Waals surface area contributed by atoms with E-state index in [1.165, 1.54) is 30.5 Å². The molecule has 3 aromatic rings. The summed E-state index contributed by atoms with van der Waals surface area (Å²) in [7, 11) is -3.80. The van der Waals surface area contributed by atoms with Gasteiger partial charge in [-0.2, -0.15) is 0 Å². The van der Waals surface area contributed by atoms with Crippen LogP contribution in [-0.4, -0.2) is 19.3 Å². The Bertz CT molecular complexity index is 1090. The van der Waals surface area contributed by atoms with Crippen LogP contribution in [0.4, 0.5) is 5.69 Å². The summed E-state index contributed by atoms with van der Waals surface area (Å²) >= 11 is 0. The fourth-order valence-corrected chi connectivity index (χ4v) is 2.78. The fraction of sp³-hybridized carbons (Fsp3) is 0. The van der Waals surface area contributed by atoms with Gasteiger partial charge in [0.25, 0.3) is 5.91 Å². The molecule has 0 radical (unpaired) electrons. The summed E-state index contributed by atoms with van der Waals surface area (Å²) in [6, 6.07) is 12.2. The second-order valence-electron chi connectivity index (χ2n) is 5.10. The fourth-order valence-electron chi connectivity index (χ4n) is 2.26. The first kappa shape index (κ1) is 15.9. The minimum absolute atomic E-state index is 0.0378. The van der Waals surface area contributed by atoms with E-state index < -0.39 is 15.9 Å². The second kappa shape index (κ2) is 5.91. The van der Waals surface area contributed by atoms with Crippen LogP contribution in [0.1, 0.15) is 10.4 Å². The summed E-state index contributed by atoms with van der Waals surface area (Å²) in [5, 5.41) is 7.97. The first-order chi connectivity index (χ1) is 11.4. The molecular formula is C16H13N3O4S. The number of hydrogen-bond donors (Lipinski definition) is 3. The average Bonchev–Trinajstić information content (AvgIpc) is 2.55. The van der Waals surface area contributed by atoms with Crippen LogP contribution < -0.4 is 15.9 Å². The number of sulfonamides is 1. The number of benzene rings is 2. The van der Waals surface area contributed by atoms with E-state index in [9.17, 15) is 18.0 Å². The molecule has 7 nitrogen and oxygen atoms in total. The Morgan fingerprint density at radius 2 is 1.71 bits per heavy atom. The highest BCUT2D eigenvalue weighted by Crippen LogP contribution is 2.14. The maximum absolute atomic E-state index is 12.4. The lowest BCUT2D eigenvalue weighted by molar-refractivity contribution is 0.102. The highest BCUT2D eigenvalue weighted by atomic mass is 32.2. The number of carbonyl (C=O) groups excluding carboxylic acids is 1. The molecule has 0 fully saturated rings. The molecule has 0 aliphatic carbocycles. The zero-order chi connectivity index (χ0) is 17.3. The van der Waals surface area contributed by atoms with E-state index in [0.29, 0.717) is 16.6 Å². The van der Waals surface area contributed by atoms with Gasteiger partial charge >= 0.3 is 0 Å². The summed E-state index contributed by atoms with van der Waals surface area (Å²) in [4.78, 5) is 27.5. The molecular weight excluding hydrogens is 330 g/mol. The molecule has 1 aromatic heterocycles. The molecule has 8 heteroatoms. The van der Waals surface area contributed by atoms with Crippen LogP contribution in [-0.2, 0) is 10.0 Å². The normalized spacial score (nSPS) is 11.4. The molecule has 24 heavy (non-hydrogen) atoms. The molecule has 0 unspecified atom stereocenters. The average molecular weight is 343 g/mol. The van der Waals surface area contributed by atoms with E-state index in [4.69, 9.17) is 5.14 Å². The summed E-state index contributed by atoms with van der Waals surface area (Å²) in [6.45, 7) is 0. The number of aromatic amines is 1.